The summed E-state index contributed by atoms with van der Waals surface area (Å²) in [5, 5.41) is 4.89. The van der Waals surface area contributed by atoms with Gasteiger partial charge in [-0.25, -0.2) is 0 Å². The SMILES string of the molecule is CCCNc1c2c(nc3c(Br)cccc13)CCCC2. The second-order valence-electron chi connectivity index (χ2n) is 5.18. The van der Waals surface area contributed by atoms with Gasteiger partial charge >= 0.3 is 0 Å². The molecule has 0 spiro atoms. The molecule has 0 atom stereocenters. The van der Waals surface area contributed by atoms with Crippen LogP contribution in [-0.4, -0.2) is 11.5 Å². The van der Waals surface area contributed by atoms with E-state index in [1.54, 1.807) is 0 Å². The highest BCUT2D eigenvalue weighted by Crippen LogP contribution is 2.35. The Morgan fingerprint density at radius 3 is 2.95 bits per heavy atom. The van der Waals surface area contributed by atoms with Gasteiger partial charge in [-0.05, 0) is 59.7 Å². The van der Waals surface area contributed by atoms with Crippen LogP contribution in [0.25, 0.3) is 10.9 Å². The van der Waals surface area contributed by atoms with Crippen molar-refractivity contribution >= 4 is 32.5 Å². The number of aryl methyl sites for hydroxylation is 1. The molecule has 19 heavy (non-hydrogen) atoms. The fourth-order valence-electron chi connectivity index (χ4n) is 2.86. The first-order valence-corrected chi connectivity index (χ1v) is 7.94. The molecule has 3 heteroatoms. The van der Waals surface area contributed by atoms with Gasteiger partial charge < -0.3 is 5.32 Å². The average molecular weight is 319 g/mol. The summed E-state index contributed by atoms with van der Waals surface area (Å²) >= 11 is 3.64. The molecule has 0 bridgehead atoms. The summed E-state index contributed by atoms with van der Waals surface area (Å²) in [5.41, 5.74) is 5.17. The summed E-state index contributed by atoms with van der Waals surface area (Å²) in [7, 11) is 0. The van der Waals surface area contributed by atoms with Crippen LogP contribution < -0.4 is 5.32 Å². The third-order valence-electron chi connectivity index (χ3n) is 3.80. The Bertz CT molecular complexity index is 607. The van der Waals surface area contributed by atoms with Gasteiger partial charge in [-0.15, -0.1) is 0 Å². The van der Waals surface area contributed by atoms with Crippen molar-refractivity contribution < 1.29 is 0 Å². The van der Waals surface area contributed by atoms with Crippen LogP contribution >= 0.6 is 15.9 Å². The predicted molar refractivity (Wildman–Crippen MR) is 84.9 cm³/mol. The Morgan fingerprint density at radius 1 is 1.26 bits per heavy atom. The van der Waals surface area contributed by atoms with Crippen LogP contribution in [0.15, 0.2) is 22.7 Å². The number of aromatic nitrogens is 1. The van der Waals surface area contributed by atoms with E-state index in [0.717, 1.165) is 35.8 Å². The van der Waals surface area contributed by atoms with Crippen molar-refractivity contribution in [3.05, 3.63) is 33.9 Å². The zero-order valence-electron chi connectivity index (χ0n) is 11.3. The van der Waals surface area contributed by atoms with E-state index in [0.29, 0.717) is 0 Å². The molecule has 0 aliphatic heterocycles. The topological polar surface area (TPSA) is 24.9 Å². The third-order valence-corrected chi connectivity index (χ3v) is 4.44. The predicted octanol–water partition coefficient (Wildman–Crippen LogP) is 4.70. The largest absolute Gasteiger partial charge is 0.384 e. The van der Waals surface area contributed by atoms with Crippen LogP contribution in [-0.2, 0) is 12.8 Å². The van der Waals surface area contributed by atoms with E-state index in [1.165, 1.54) is 35.2 Å². The summed E-state index contributed by atoms with van der Waals surface area (Å²) in [5.74, 6) is 0. The number of para-hydroxylation sites is 1. The van der Waals surface area contributed by atoms with E-state index in [4.69, 9.17) is 4.98 Å². The van der Waals surface area contributed by atoms with Gasteiger partial charge in [0, 0.05) is 27.8 Å². The highest BCUT2D eigenvalue weighted by molar-refractivity contribution is 9.10. The maximum absolute atomic E-state index is 4.90. The van der Waals surface area contributed by atoms with E-state index in [-0.39, 0.29) is 0 Å². The molecule has 0 saturated heterocycles. The summed E-state index contributed by atoms with van der Waals surface area (Å²) in [6.45, 7) is 3.23. The highest BCUT2D eigenvalue weighted by atomic mass is 79.9. The van der Waals surface area contributed by atoms with Gasteiger partial charge in [-0.3, -0.25) is 4.98 Å². The number of benzene rings is 1. The number of hydrogen-bond acceptors (Lipinski definition) is 2. The van der Waals surface area contributed by atoms with E-state index < -0.39 is 0 Å². The Labute approximate surface area is 122 Å². The Balaban J connectivity index is 2.24. The minimum Gasteiger partial charge on any atom is -0.384 e. The van der Waals surface area contributed by atoms with E-state index in [9.17, 15) is 0 Å². The van der Waals surface area contributed by atoms with E-state index >= 15 is 0 Å². The lowest BCUT2D eigenvalue weighted by atomic mass is 9.92. The molecule has 3 rings (SSSR count). The first kappa shape index (κ1) is 12.9. The van der Waals surface area contributed by atoms with Crippen molar-refractivity contribution in [2.24, 2.45) is 0 Å². The third kappa shape index (κ3) is 2.36. The first-order chi connectivity index (χ1) is 9.31. The van der Waals surface area contributed by atoms with Gasteiger partial charge in [-0.1, -0.05) is 19.1 Å². The molecular formula is C16H19BrN2. The van der Waals surface area contributed by atoms with E-state index in [2.05, 4.69) is 46.4 Å². The number of pyridine rings is 1. The molecule has 1 aliphatic rings. The van der Waals surface area contributed by atoms with Crippen molar-refractivity contribution in [1.29, 1.82) is 0 Å². The summed E-state index contributed by atoms with van der Waals surface area (Å²) in [4.78, 5) is 4.90. The molecule has 100 valence electrons. The fourth-order valence-corrected chi connectivity index (χ4v) is 3.32. The monoisotopic (exact) mass is 318 g/mol. The molecule has 1 N–H and O–H groups in total. The smallest absolute Gasteiger partial charge is 0.0868 e. The van der Waals surface area contributed by atoms with Gasteiger partial charge in [0.25, 0.3) is 0 Å². The molecule has 2 aromatic rings. The van der Waals surface area contributed by atoms with Gasteiger partial charge in [0.1, 0.15) is 0 Å². The number of fused-ring (bicyclic) bond motifs is 2. The van der Waals surface area contributed by atoms with Crippen molar-refractivity contribution in [1.82, 2.24) is 4.98 Å². The lowest BCUT2D eigenvalue weighted by Gasteiger charge is -2.22. The van der Waals surface area contributed by atoms with Gasteiger partial charge in [0.05, 0.1) is 5.52 Å². The van der Waals surface area contributed by atoms with Crippen molar-refractivity contribution in [3.8, 4) is 0 Å². The molecule has 0 fully saturated rings. The number of halogens is 1. The number of nitrogens with one attached hydrogen (secondary N) is 1. The lowest BCUT2D eigenvalue weighted by Crippen LogP contribution is -2.12. The number of nitrogens with zero attached hydrogens (tertiary/aromatic N) is 1. The number of hydrogen-bond donors (Lipinski definition) is 1. The van der Waals surface area contributed by atoms with Crippen LogP contribution in [0.5, 0.6) is 0 Å². The Morgan fingerprint density at radius 2 is 2.11 bits per heavy atom. The van der Waals surface area contributed by atoms with Crippen molar-refractivity contribution in [3.63, 3.8) is 0 Å². The lowest BCUT2D eigenvalue weighted by molar-refractivity contribution is 0.672. The zero-order chi connectivity index (χ0) is 13.2. The Hall–Kier alpha value is -1.09. The van der Waals surface area contributed by atoms with Crippen LogP contribution in [0.1, 0.15) is 37.4 Å². The Kier molecular flexibility index (Phi) is 3.74. The zero-order valence-corrected chi connectivity index (χ0v) is 12.9. The second kappa shape index (κ2) is 5.49. The quantitative estimate of drug-likeness (QED) is 0.887. The molecule has 1 heterocycles. The van der Waals surface area contributed by atoms with E-state index in [1.807, 2.05) is 0 Å². The minimum absolute atomic E-state index is 1.03. The van der Waals surface area contributed by atoms with Crippen molar-refractivity contribution in [2.75, 3.05) is 11.9 Å². The average Bonchev–Trinajstić information content (AvgIpc) is 2.44. The first-order valence-electron chi connectivity index (χ1n) is 7.15. The number of rotatable bonds is 3. The molecule has 1 aromatic heterocycles. The van der Waals surface area contributed by atoms with Crippen LogP contribution in [0, 0.1) is 0 Å². The molecular weight excluding hydrogens is 300 g/mol. The molecule has 2 nitrogen and oxygen atoms in total. The van der Waals surface area contributed by atoms with Gasteiger partial charge in [-0.2, -0.15) is 0 Å². The highest BCUT2D eigenvalue weighted by Gasteiger charge is 2.18. The summed E-state index contributed by atoms with van der Waals surface area (Å²) < 4.78 is 1.10. The molecule has 0 amide bonds. The molecule has 1 aliphatic carbocycles. The minimum atomic E-state index is 1.03. The molecule has 1 aromatic carbocycles. The van der Waals surface area contributed by atoms with Gasteiger partial charge in [0.2, 0.25) is 0 Å². The number of anilines is 1. The summed E-state index contributed by atoms with van der Waals surface area (Å²) in [6, 6.07) is 6.36. The normalized spacial score (nSPS) is 14.4. The van der Waals surface area contributed by atoms with Crippen LogP contribution in [0.2, 0.25) is 0 Å². The maximum atomic E-state index is 4.90. The molecule has 0 unspecified atom stereocenters. The molecule has 0 saturated carbocycles. The van der Waals surface area contributed by atoms with Crippen LogP contribution in [0.4, 0.5) is 5.69 Å². The summed E-state index contributed by atoms with van der Waals surface area (Å²) in [6.07, 6.45) is 5.98. The van der Waals surface area contributed by atoms with Crippen molar-refractivity contribution in [2.45, 2.75) is 39.0 Å². The van der Waals surface area contributed by atoms with Crippen LogP contribution in [0.3, 0.4) is 0 Å². The standard InChI is InChI=1S/C16H19BrN2/c1-2-10-18-15-11-6-3-4-9-14(11)19-16-12(15)7-5-8-13(16)17/h5,7-8H,2-4,6,9-10H2,1H3,(H,18,19). The van der Waals surface area contributed by atoms with Gasteiger partial charge in [0.15, 0.2) is 0 Å². The maximum Gasteiger partial charge on any atom is 0.0868 e. The second-order valence-corrected chi connectivity index (χ2v) is 6.04. The fraction of sp³-hybridized carbons (Fsp3) is 0.438. The molecule has 0 radical (unpaired) electrons.